The van der Waals surface area contributed by atoms with Gasteiger partial charge in [-0.3, -0.25) is 4.79 Å². The average molecular weight is 391 g/mol. The number of ether oxygens (including phenoxy) is 1. The number of nitrogens with zero attached hydrogens (tertiary/aromatic N) is 3. The molecule has 2 aromatic carbocycles. The van der Waals surface area contributed by atoms with Crippen molar-refractivity contribution in [3.05, 3.63) is 72.2 Å². The normalized spacial score (nSPS) is 10.3. The molecule has 1 amide bonds. The smallest absolute Gasteiger partial charge is 0.270 e. The molecule has 1 aromatic heterocycles. The minimum absolute atomic E-state index is 0.230. The third-order valence-corrected chi connectivity index (χ3v) is 4.41. The van der Waals surface area contributed by atoms with E-state index >= 15 is 0 Å². The van der Waals surface area contributed by atoms with Crippen LogP contribution >= 0.6 is 0 Å². The molecule has 150 valence electrons. The number of rotatable bonds is 8. The van der Waals surface area contributed by atoms with E-state index in [1.165, 1.54) is 6.33 Å². The predicted octanol–water partition coefficient (Wildman–Crippen LogP) is 3.27. The van der Waals surface area contributed by atoms with E-state index in [0.717, 1.165) is 29.1 Å². The lowest BCUT2D eigenvalue weighted by molar-refractivity contribution is 0.0949. The molecule has 2 N–H and O–H groups in total. The standard InChI is InChI=1S/C22H25N5O2/c1-27(2)18-8-6-17(7-9-18)26-21-14-20(24-15-25-21)22(28)23-13-12-16-4-10-19(29-3)11-5-16/h4-11,14-15H,12-13H2,1-3H3,(H,23,28)(H,24,25,26). The maximum Gasteiger partial charge on any atom is 0.270 e. The zero-order valence-electron chi connectivity index (χ0n) is 16.8. The fourth-order valence-electron chi connectivity index (χ4n) is 2.74. The van der Waals surface area contributed by atoms with Crippen LogP contribution in [0.15, 0.2) is 60.9 Å². The van der Waals surface area contributed by atoms with Gasteiger partial charge in [0, 0.05) is 38.1 Å². The summed E-state index contributed by atoms with van der Waals surface area (Å²) in [5, 5.41) is 6.09. The molecule has 0 radical (unpaired) electrons. The van der Waals surface area contributed by atoms with Gasteiger partial charge in [-0.1, -0.05) is 12.1 Å². The molecular weight excluding hydrogens is 366 g/mol. The fraction of sp³-hybridized carbons (Fsp3) is 0.227. The number of anilines is 3. The molecular formula is C22H25N5O2. The Kier molecular flexibility index (Phi) is 6.63. The fourth-order valence-corrected chi connectivity index (χ4v) is 2.74. The van der Waals surface area contributed by atoms with Crippen LogP contribution in [0.4, 0.5) is 17.2 Å². The third kappa shape index (κ3) is 5.68. The first-order chi connectivity index (χ1) is 14.0. The van der Waals surface area contributed by atoms with Crippen LogP contribution in [-0.4, -0.2) is 43.6 Å². The first-order valence-electron chi connectivity index (χ1n) is 9.33. The van der Waals surface area contributed by atoms with Crippen LogP contribution < -0.4 is 20.3 Å². The monoisotopic (exact) mass is 391 g/mol. The molecule has 29 heavy (non-hydrogen) atoms. The van der Waals surface area contributed by atoms with Crippen LogP contribution in [0.3, 0.4) is 0 Å². The third-order valence-electron chi connectivity index (χ3n) is 4.41. The molecule has 0 aliphatic heterocycles. The predicted molar refractivity (Wildman–Crippen MR) is 115 cm³/mol. The number of carbonyl (C=O) groups excluding carboxylic acids is 1. The molecule has 0 aliphatic rings. The van der Waals surface area contributed by atoms with Crippen LogP contribution in [0.5, 0.6) is 5.75 Å². The molecule has 0 bridgehead atoms. The summed E-state index contributed by atoms with van der Waals surface area (Å²) in [7, 11) is 5.62. The zero-order valence-corrected chi connectivity index (χ0v) is 16.8. The van der Waals surface area contributed by atoms with Crippen LogP contribution in [0, 0.1) is 0 Å². The van der Waals surface area contributed by atoms with E-state index in [2.05, 4.69) is 20.6 Å². The second-order valence-corrected chi connectivity index (χ2v) is 6.71. The molecule has 3 aromatic rings. The quantitative estimate of drug-likeness (QED) is 0.614. The molecule has 0 saturated heterocycles. The Balaban J connectivity index is 1.55. The van der Waals surface area contributed by atoms with Crippen LogP contribution in [0.1, 0.15) is 16.1 Å². The Morgan fingerprint density at radius 1 is 1.03 bits per heavy atom. The van der Waals surface area contributed by atoms with Crippen molar-refractivity contribution in [3.8, 4) is 5.75 Å². The molecule has 0 aliphatic carbocycles. The first-order valence-corrected chi connectivity index (χ1v) is 9.33. The van der Waals surface area contributed by atoms with Crippen molar-refractivity contribution in [1.29, 1.82) is 0 Å². The number of hydrogen-bond donors (Lipinski definition) is 2. The van der Waals surface area contributed by atoms with Crippen molar-refractivity contribution in [2.75, 3.05) is 38.0 Å². The zero-order chi connectivity index (χ0) is 20.6. The summed E-state index contributed by atoms with van der Waals surface area (Å²) in [6.45, 7) is 0.518. The van der Waals surface area contributed by atoms with E-state index in [4.69, 9.17) is 4.74 Å². The molecule has 0 spiro atoms. The van der Waals surface area contributed by atoms with E-state index in [-0.39, 0.29) is 5.91 Å². The Labute approximate surface area is 170 Å². The number of methoxy groups -OCH3 is 1. The van der Waals surface area contributed by atoms with Crippen molar-refractivity contribution in [2.45, 2.75) is 6.42 Å². The average Bonchev–Trinajstić information content (AvgIpc) is 2.75. The molecule has 0 unspecified atom stereocenters. The van der Waals surface area contributed by atoms with Crippen molar-refractivity contribution in [1.82, 2.24) is 15.3 Å². The minimum Gasteiger partial charge on any atom is -0.497 e. The summed E-state index contributed by atoms with van der Waals surface area (Å²) in [4.78, 5) is 22.7. The molecule has 7 heteroatoms. The molecule has 0 saturated carbocycles. The van der Waals surface area contributed by atoms with Gasteiger partial charge < -0.3 is 20.3 Å². The van der Waals surface area contributed by atoms with Gasteiger partial charge in [0.15, 0.2) is 0 Å². The van der Waals surface area contributed by atoms with Gasteiger partial charge in [0.2, 0.25) is 0 Å². The Morgan fingerprint density at radius 3 is 2.41 bits per heavy atom. The van der Waals surface area contributed by atoms with Gasteiger partial charge in [-0.2, -0.15) is 0 Å². The molecule has 3 rings (SSSR count). The van der Waals surface area contributed by atoms with E-state index < -0.39 is 0 Å². The number of amides is 1. The summed E-state index contributed by atoms with van der Waals surface area (Å²) in [5.41, 5.74) is 3.44. The SMILES string of the molecule is COc1ccc(CCNC(=O)c2cc(Nc3ccc(N(C)C)cc3)ncn2)cc1. The second-order valence-electron chi connectivity index (χ2n) is 6.71. The maximum absolute atomic E-state index is 12.4. The van der Waals surface area contributed by atoms with E-state index in [1.807, 2.05) is 67.5 Å². The Hall–Kier alpha value is -3.61. The summed E-state index contributed by atoms with van der Waals surface area (Å²) in [6.07, 6.45) is 2.11. The van der Waals surface area contributed by atoms with Crippen molar-refractivity contribution in [2.24, 2.45) is 0 Å². The topological polar surface area (TPSA) is 79.4 Å². The highest BCUT2D eigenvalue weighted by Gasteiger charge is 2.09. The van der Waals surface area contributed by atoms with Gasteiger partial charge >= 0.3 is 0 Å². The lowest BCUT2D eigenvalue weighted by atomic mass is 10.1. The van der Waals surface area contributed by atoms with Gasteiger partial charge in [0.05, 0.1) is 7.11 Å². The van der Waals surface area contributed by atoms with Gasteiger partial charge in [0.25, 0.3) is 5.91 Å². The van der Waals surface area contributed by atoms with Crippen molar-refractivity contribution < 1.29 is 9.53 Å². The number of aromatic nitrogens is 2. The highest BCUT2D eigenvalue weighted by Crippen LogP contribution is 2.19. The minimum atomic E-state index is -0.230. The molecule has 0 fully saturated rings. The lowest BCUT2D eigenvalue weighted by Crippen LogP contribution is -2.26. The van der Waals surface area contributed by atoms with Gasteiger partial charge in [-0.25, -0.2) is 9.97 Å². The van der Waals surface area contributed by atoms with Gasteiger partial charge in [0.1, 0.15) is 23.6 Å². The van der Waals surface area contributed by atoms with Gasteiger partial charge in [-0.05, 0) is 48.4 Å². The maximum atomic E-state index is 12.4. The molecule has 0 atom stereocenters. The van der Waals surface area contributed by atoms with Gasteiger partial charge in [-0.15, -0.1) is 0 Å². The highest BCUT2D eigenvalue weighted by atomic mass is 16.5. The Morgan fingerprint density at radius 2 is 1.76 bits per heavy atom. The molecule has 1 heterocycles. The highest BCUT2D eigenvalue weighted by molar-refractivity contribution is 5.93. The second kappa shape index (κ2) is 9.54. The summed E-state index contributed by atoms with van der Waals surface area (Å²) < 4.78 is 5.15. The summed E-state index contributed by atoms with van der Waals surface area (Å²) in [5.74, 6) is 1.15. The van der Waals surface area contributed by atoms with Crippen LogP contribution in [0.25, 0.3) is 0 Å². The number of nitrogens with one attached hydrogen (secondary N) is 2. The van der Waals surface area contributed by atoms with Crippen molar-refractivity contribution in [3.63, 3.8) is 0 Å². The summed E-state index contributed by atoms with van der Waals surface area (Å²) in [6, 6.07) is 17.4. The van der Waals surface area contributed by atoms with E-state index in [9.17, 15) is 4.79 Å². The largest absolute Gasteiger partial charge is 0.497 e. The number of benzene rings is 2. The van der Waals surface area contributed by atoms with Crippen LogP contribution in [-0.2, 0) is 6.42 Å². The van der Waals surface area contributed by atoms with Crippen molar-refractivity contribution >= 4 is 23.1 Å². The lowest BCUT2D eigenvalue weighted by Gasteiger charge is -2.13. The van der Waals surface area contributed by atoms with E-state index in [0.29, 0.717) is 18.1 Å². The van der Waals surface area contributed by atoms with Crippen LogP contribution in [0.2, 0.25) is 0 Å². The molecule has 7 nitrogen and oxygen atoms in total. The number of carbonyl (C=O) groups is 1. The van der Waals surface area contributed by atoms with E-state index in [1.54, 1.807) is 13.2 Å². The first kappa shape index (κ1) is 20.1. The summed E-state index contributed by atoms with van der Waals surface area (Å²) >= 11 is 0. The number of hydrogen-bond acceptors (Lipinski definition) is 6. The Bertz CT molecular complexity index is 940.